The van der Waals surface area contributed by atoms with E-state index in [1.165, 1.54) is 4.88 Å². The van der Waals surface area contributed by atoms with Gasteiger partial charge in [-0.25, -0.2) is 0 Å². The molecule has 0 amide bonds. The number of rotatable bonds is 4. The van der Waals surface area contributed by atoms with Gasteiger partial charge >= 0.3 is 0 Å². The quantitative estimate of drug-likeness (QED) is 0.879. The summed E-state index contributed by atoms with van der Waals surface area (Å²) in [5.74, 6) is 0.927. The van der Waals surface area contributed by atoms with Gasteiger partial charge in [0.25, 0.3) is 0 Å². The fourth-order valence-electron chi connectivity index (χ4n) is 2.38. The molecule has 1 aliphatic rings. The van der Waals surface area contributed by atoms with Crippen molar-refractivity contribution in [3.63, 3.8) is 0 Å². The van der Waals surface area contributed by atoms with Gasteiger partial charge in [-0.15, -0.1) is 11.3 Å². The van der Waals surface area contributed by atoms with Crippen molar-refractivity contribution in [1.29, 1.82) is 0 Å². The zero-order chi connectivity index (χ0) is 13.2. The van der Waals surface area contributed by atoms with Gasteiger partial charge < -0.3 is 4.74 Å². The lowest BCUT2D eigenvalue weighted by molar-refractivity contribution is 0.0970. The Kier molecular flexibility index (Phi) is 3.81. The van der Waals surface area contributed by atoms with E-state index < -0.39 is 0 Å². The second kappa shape index (κ2) is 5.56. The third-order valence-electron chi connectivity index (χ3n) is 3.43. The maximum Gasteiger partial charge on any atom is 0.195 e. The van der Waals surface area contributed by atoms with Crippen LogP contribution in [0.25, 0.3) is 11.4 Å². The van der Waals surface area contributed by atoms with Gasteiger partial charge in [0.05, 0.1) is 12.6 Å². The summed E-state index contributed by atoms with van der Waals surface area (Å²) in [4.78, 5) is 1.37. The predicted molar refractivity (Wildman–Crippen MR) is 79.1 cm³/mol. The first-order valence-corrected chi connectivity index (χ1v) is 7.91. The van der Waals surface area contributed by atoms with Gasteiger partial charge in [-0.3, -0.25) is 9.67 Å². The molecule has 0 aliphatic carbocycles. The average Bonchev–Trinajstić information content (AvgIpc) is 3.12. The van der Waals surface area contributed by atoms with E-state index in [1.807, 2.05) is 0 Å². The van der Waals surface area contributed by atoms with Crippen LogP contribution in [0.1, 0.15) is 24.6 Å². The molecular weight excluding hydrogens is 278 g/mol. The molecule has 1 aliphatic heterocycles. The first kappa shape index (κ1) is 13.0. The third kappa shape index (κ3) is 2.66. The Balaban J connectivity index is 1.90. The van der Waals surface area contributed by atoms with Crippen molar-refractivity contribution in [2.24, 2.45) is 0 Å². The van der Waals surface area contributed by atoms with Gasteiger partial charge in [0, 0.05) is 22.4 Å². The Morgan fingerprint density at radius 2 is 2.53 bits per heavy atom. The molecule has 0 bridgehead atoms. The van der Waals surface area contributed by atoms with Crippen molar-refractivity contribution in [3.8, 4) is 11.4 Å². The molecule has 6 heteroatoms. The zero-order valence-electron chi connectivity index (χ0n) is 10.9. The Labute approximate surface area is 121 Å². The van der Waals surface area contributed by atoms with E-state index in [2.05, 4.69) is 33.1 Å². The van der Waals surface area contributed by atoms with Gasteiger partial charge in [0.2, 0.25) is 0 Å². The molecule has 102 valence electrons. The Hall–Kier alpha value is -0.980. The standard InChI is InChI=1S/C13H17N3OS2/c1-2-11-6-9(8-19-11)12-14-15-13(18)16(12)7-10-4-3-5-17-10/h6,8,10H,2-5,7H2,1H3,(H,15,18)/t10-/m0/s1. The molecule has 0 spiro atoms. The van der Waals surface area contributed by atoms with Crippen molar-refractivity contribution >= 4 is 23.6 Å². The number of hydrogen-bond donors (Lipinski definition) is 1. The molecule has 0 unspecified atom stereocenters. The van der Waals surface area contributed by atoms with E-state index in [9.17, 15) is 0 Å². The SMILES string of the molecule is CCc1cc(-c2n[nH]c(=S)n2C[C@@H]2CCCO2)cs1. The van der Waals surface area contributed by atoms with Crippen LogP contribution in [0.3, 0.4) is 0 Å². The summed E-state index contributed by atoms with van der Waals surface area (Å²) in [7, 11) is 0. The van der Waals surface area contributed by atoms with Crippen LogP contribution in [0.5, 0.6) is 0 Å². The van der Waals surface area contributed by atoms with Crippen LogP contribution in [-0.2, 0) is 17.7 Å². The lowest BCUT2D eigenvalue weighted by Gasteiger charge is -2.11. The van der Waals surface area contributed by atoms with E-state index in [0.29, 0.717) is 4.77 Å². The predicted octanol–water partition coefficient (Wildman–Crippen LogP) is 3.41. The highest BCUT2D eigenvalue weighted by Crippen LogP contribution is 2.25. The van der Waals surface area contributed by atoms with Gasteiger partial charge in [-0.2, -0.15) is 5.10 Å². The van der Waals surface area contributed by atoms with Crippen LogP contribution >= 0.6 is 23.6 Å². The van der Waals surface area contributed by atoms with E-state index in [0.717, 1.165) is 43.8 Å². The maximum atomic E-state index is 5.69. The normalized spacial score (nSPS) is 19.1. The van der Waals surface area contributed by atoms with Gasteiger partial charge in [0.1, 0.15) is 0 Å². The molecule has 1 atom stereocenters. The smallest absolute Gasteiger partial charge is 0.195 e. The molecule has 2 aromatic heterocycles. The number of aromatic nitrogens is 3. The Morgan fingerprint density at radius 1 is 1.63 bits per heavy atom. The molecule has 3 heterocycles. The first-order valence-electron chi connectivity index (χ1n) is 6.62. The number of thiophene rings is 1. The maximum absolute atomic E-state index is 5.69. The topological polar surface area (TPSA) is 42.8 Å². The monoisotopic (exact) mass is 295 g/mol. The molecule has 1 fully saturated rings. The molecule has 1 saturated heterocycles. The highest BCUT2D eigenvalue weighted by molar-refractivity contribution is 7.71. The minimum Gasteiger partial charge on any atom is -0.376 e. The van der Waals surface area contributed by atoms with Crippen LogP contribution in [0.15, 0.2) is 11.4 Å². The van der Waals surface area contributed by atoms with Gasteiger partial charge in [0.15, 0.2) is 10.6 Å². The molecule has 0 aromatic carbocycles. The summed E-state index contributed by atoms with van der Waals surface area (Å²) < 4.78 is 8.43. The largest absolute Gasteiger partial charge is 0.376 e. The number of aromatic amines is 1. The highest BCUT2D eigenvalue weighted by Gasteiger charge is 2.19. The Bertz CT molecular complexity index is 607. The molecule has 0 radical (unpaired) electrons. The van der Waals surface area contributed by atoms with Gasteiger partial charge in [-0.05, 0) is 37.5 Å². The highest BCUT2D eigenvalue weighted by atomic mass is 32.1. The van der Waals surface area contributed by atoms with Crippen molar-refractivity contribution in [2.45, 2.75) is 38.8 Å². The second-order valence-electron chi connectivity index (χ2n) is 4.75. The number of H-pyrrole nitrogens is 1. The van der Waals surface area contributed by atoms with Crippen LogP contribution in [0.2, 0.25) is 0 Å². The van der Waals surface area contributed by atoms with E-state index in [1.54, 1.807) is 11.3 Å². The van der Waals surface area contributed by atoms with Crippen molar-refractivity contribution in [2.75, 3.05) is 6.61 Å². The molecule has 2 aromatic rings. The first-order chi connectivity index (χ1) is 9.28. The Morgan fingerprint density at radius 3 is 3.21 bits per heavy atom. The van der Waals surface area contributed by atoms with Gasteiger partial charge in [-0.1, -0.05) is 6.92 Å². The minimum atomic E-state index is 0.271. The summed E-state index contributed by atoms with van der Waals surface area (Å²) in [6.07, 6.45) is 3.58. The van der Waals surface area contributed by atoms with Crippen molar-refractivity contribution in [3.05, 3.63) is 21.1 Å². The molecular formula is C13H17N3OS2. The van der Waals surface area contributed by atoms with Crippen molar-refractivity contribution in [1.82, 2.24) is 14.8 Å². The average molecular weight is 295 g/mol. The van der Waals surface area contributed by atoms with Crippen LogP contribution in [0.4, 0.5) is 0 Å². The summed E-state index contributed by atoms with van der Waals surface area (Å²) in [5, 5.41) is 9.42. The molecule has 19 heavy (non-hydrogen) atoms. The summed E-state index contributed by atoms with van der Waals surface area (Å²) in [6, 6.07) is 2.20. The lowest BCUT2D eigenvalue weighted by Crippen LogP contribution is -2.15. The number of nitrogens with zero attached hydrogens (tertiary/aromatic N) is 2. The molecule has 3 rings (SSSR count). The van der Waals surface area contributed by atoms with E-state index in [4.69, 9.17) is 17.0 Å². The zero-order valence-corrected chi connectivity index (χ0v) is 12.5. The minimum absolute atomic E-state index is 0.271. The fourth-order valence-corrected chi connectivity index (χ4v) is 3.40. The summed E-state index contributed by atoms with van der Waals surface area (Å²) in [6.45, 7) is 3.82. The number of ether oxygens (including phenoxy) is 1. The number of nitrogens with one attached hydrogen (secondary N) is 1. The fraction of sp³-hybridized carbons (Fsp3) is 0.538. The van der Waals surface area contributed by atoms with Crippen molar-refractivity contribution < 1.29 is 4.74 Å². The summed E-state index contributed by atoms with van der Waals surface area (Å²) >= 11 is 7.11. The third-order valence-corrected chi connectivity index (χ3v) is 4.82. The van der Waals surface area contributed by atoms with E-state index in [-0.39, 0.29) is 6.10 Å². The molecule has 4 nitrogen and oxygen atoms in total. The molecule has 0 saturated carbocycles. The number of hydrogen-bond acceptors (Lipinski definition) is 4. The van der Waals surface area contributed by atoms with Crippen LogP contribution in [0, 0.1) is 4.77 Å². The summed E-state index contributed by atoms with van der Waals surface area (Å²) in [5.41, 5.74) is 1.15. The van der Waals surface area contributed by atoms with E-state index >= 15 is 0 Å². The molecule has 1 N–H and O–H groups in total. The van der Waals surface area contributed by atoms with Crippen LogP contribution in [-0.4, -0.2) is 27.5 Å². The lowest BCUT2D eigenvalue weighted by atomic mass is 10.2. The second-order valence-corrected chi connectivity index (χ2v) is 6.14. The number of aryl methyl sites for hydroxylation is 1. The van der Waals surface area contributed by atoms with Crippen LogP contribution < -0.4 is 0 Å².